The molecule has 0 atom stereocenters. The maximum atomic E-state index is 11.9. The highest BCUT2D eigenvalue weighted by Crippen LogP contribution is 2.29. The van der Waals surface area contributed by atoms with Gasteiger partial charge in [0, 0.05) is 37.0 Å². The van der Waals surface area contributed by atoms with Crippen molar-refractivity contribution >= 4 is 28.9 Å². The van der Waals surface area contributed by atoms with Crippen LogP contribution in [0.5, 0.6) is 0 Å². The minimum Gasteiger partial charge on any atom is -0.459 e. The first-order chi connectivity index (χ1) is 16.0. The Morgan fingerprint density at radius 3 is 2.82 bits per heavy atom. The van der Waals surface area contributed by atoms with Crippen LogP contribution in [0.2, 0.25) is 0 Å². The van der Waals surface area contributed by atoms with Crippen LogP contribution in [0.25, 0.3) is 21.7 Å². The van der Waals surface area contributed by atoms with Gasteiger partial charge in [-0.2, -0.15) is 0 Å². The molecule has 1 aliphatic heterocycles. The summed E-state index contributed by atoms with van der Waals surface area (Å²) in [6.45, 7) is 0.478. The van der Waals surface area contributed by atoms with E-state index in [1.807, 2.05) is 12.1 Å². The molecule has 0 aliphatic carbocycles. The van der Waals surface area contributed by atoms with E-state index in [0.29, 0.717) is 23.4 Å². The van der Waals surface area contributed by atoms with Gasteiger partial charge in [-0.3, -0.25) is 14.6 Å². The van der Waals surface area contributed by atoms with Crippen LogP contribution in [-0.4, -0.2) is 51.2 Å². The molecule has 0 saturated heterocycles. The van der Waals surface area contributed by atoms with E-state index in [1.54, 1.807) is 49.1 Å². The normalized spacial score (nSPS) is 14.1. The summed E-state index contributed by atoms with van der Waals surface area (Å²) in [5, 5.41) is 12.9. The molecular formula is C23H19N5O4S. The van der Waals surface area contributed by atoms with Crippen molar-refractivity contribution in [2.75, 3.05) is 13.6 Å². The highest BCUT2D eigenvalue weighted by Gasteiger charge is 2.21. The van der Waals surface area contributed by atoms with Gasteiger partial charge in [0.2, 0.25) is 0 Å². The molecule has 4 rings (SSSR count). The van der Waals surface area contributed by atoms with Crippen molar-refractivity contribution in [3.05, 3.63) is 83.5 Å². The third kappa shape index (κ3) is 4.80. The zero-order valence-electron chi connectivity index (χ0n) is 17.5. The minimum atomic E-state index is -0.641. The van der Waals surface area contributed by atoms with Crippen molar-refractivity contribution in [1.29, 1.82) is 0 Å². The number of hydrogen-bond acceptors (Lipinski definition) is 8. The maximum Gasteiger partial charge on any atom is 0.289 e. The van der Waals surface area contributed by atoms with Crippen LogP contribution in [0.4, 0.5) is 0 Å². The van der Waals surface area contributed by atoms with Crippen molar-refractivity contribution in [3.63, 3.8) is 0 Å². The Morgan fingerprint density at radius 1 is 1.30 bits per heavy atom. The van der Waals surface area contributed by atoms with E-state index in [2.05, 4.69) is 15.1 Å². The van der Waals surface area contributed by atoms with Crippen molar-refractivity contribution in [2.45, 2.75) is 0 Å². The predicted octanol–water partition coefficient (Wildman–Crippen LogP) is 3.04. The van der Waals surface area contributed by atoms with E-state index in [0.717, 1.165) is 10.4 Å². The Morgan fingerprint density at radius 2 is 2.15 bits per heavy atom. The molecule has 3 heterocycles. The summed E-state index contributed by atoms with van der Waals surface area (Å²) in [5.41, 5.74) is 10.1. The SMILES string of the molecule is CN1CC=C(O/C=C\C(=N/O)c2cccc(-c3cc(-c4cncs4)cc(C(N)=O)n3)c2)C1=O. The summed E-state index contributed by atoms with van der Waals surface area (Å²) >= 11 is 1.43. The van der Waals surface area contributed by atoms with Crippen molar-refractivity contribution < 1.29 is 19.5 Å². The van der Waals surface area contributed by atoms with Crippen LogP contribution in [-0.2, 0) is 9.53 Å². The van der Waals surface area contributed by atoms with E-state index in [1.165, 1.54) is 28.6 Å². The highest BCUT2D eigenvalue weighted by atomic mass is 32.1. The number of thiazole rings is 1. The first kappa shape index (κ1) is 21.9. The first-order valence-electron chi connectivity index (χ1n) is 9.78. The van der Waals surface area contributed by atoms with Gasteiger partial charge >= 0.3 is 0 Å². The molecule has 0 radical (unpaired) electrons. The van der Waals surface area contributed by atoms with Crippen LogP contribution < -0.4 is 5.73 Å². The van der Waals surface area contributed by atoms with Gasteiger partial charge in [0.25, 0.3) is 11.8 Å². The summed E-state index contributed by atoms with van der Waals surface area (Å²) < 4.78 is 5.38. The van der Waals surface area contributed by atoms with Gasteiger partial charge < -0.3 is 20.6 Å². The molecule has 0 spiro atoms. The number of carbonyl (C=O) groups is 2. The van der Waals surface area contributed by atoms with Gasteiger partial charge in [-0.1, -0.05) is 23.4 Å². The Kier molecular flexibility index (Phi) is 6.27. The van der Waals surface area contributed by atoms with E-state index in [4.69, 9.17) is 10.5 Å². The largest absolute Gasteiger partial charge is 0.459 e. The van der Waals surface area contributed by atoms with E-state index in [9.17, 15) is 14.8 Å². The maximum absolute atomic E-state index is 11.9. The highest BCUT2D eigenvalue weighted by molar-refractivity contribution is 7.13. The number of nitrogens with two attached hydrogens (primary N) is 1. The number of rotatable bonds is 7. The quantitative estimate of drug-likeness (QED) is 0.241. The zero-order chi connectivity index (χ0) is 23.4. The van der Waals surface area contributed by atoms with Crippen molar-refractivity contribution in [3.8, 4) is 21.7 Å². The van der Waals surface area contributed by atoms with E-state index < -0.39 is 5.91 Å². The Hall–Kier alpha value is -4.31. The molecule has 2 amide bonds. The number of pyridine rings is 1. The Balaban J connectivity index is 1.63. The van der Waals surface area contributed by atoms with Crippen LogP contribution >= 0.6 is 11.3 Å². The van der Waals surface area contributed by atoms with Crippen molar-refractivity contribution in [1.82, 2.24) is 14.9 Å². The lowest BCUT2D eigenvalue weighted by Gasteiger charge is -2.09. The first-order valence-corrected chi connectivity index (χ1v) is 10.7. The van der Waals surface area contributed by atoms with Gasteiger partial charge in [0.05, 0.1) is 22.3 Å². The average Bonchev–Trinajstić information content (AvgIpc) is 3.48. The lowest BCUT2D eigenvalue weighted by atomic mass is 10.0. The summed E-state index contributed by atoms with van der Waals surface area (Å²) in [7, 11) is 1.67. The topological polar surface area (TPSA) is 131 Å². The summed E-state index contributed by atoms with van der Waals surface area (Å²) in [5.74, 6) is -0.651. The standard InChI is InChI=1S/C23H19N5O4S/c1-28-7-5-20(23(28)30)32-8-6-17(27-31)14-3-2-4-15(9-14)18-10-16(21-12-25-13-33-21)11-19(26-18)22(24)29/h2-6,8-13,31H,7H2,1H3,(H2,24,29)/b8-6-,27-17+. The zero-order valence-corrected chi connectivity index (χ0v) is 18.3. The molecule has 1 aliphatic rings. The molecule has 0 saturated carbocycles. The fourth-order valence-corrected chi connectivity index (χ4v) is 3.79. The molecule has 1 aromatic carbocycles. The molecule has 0 unspecified atom stereocenters. The van der Waals surface area contributed by atoms with Crippen LogP contribution in [0, 0.1) is 0 Å². The van der Waals surface area contributed by atoms with Gasteiger partial charge in [-0.25, -0.2) is 4.98 Å². The van der Waals surface area contributed by atoms with E-state index >= 15 is 0 Å². The number of hydrogen-bond donors (Lipinski definition) is 2. The van der Waals surface area contributed by atoms with Gasteiger partial charge in [-0.05, 0) is 29.8 Å². The number of amides is 2. The smallest absolute Gasteiger partial charge is 0.289 e. The van der Waals surface area contributed by atoms with Crippen LogP contribution in [0.15, 0.2) is 77.4 Å². The summed E-state index contributed by atoms with van der Waals surface area (Å²) in [4.78, 5) is 34.6. The predicted molar refractivity (Wildman–Crippen MR) is 124 cm³/mol. The van der Waals surface area contributed by atoms with Crippen LogP contribution in [0.1, 0.15) is 16.1 Å². The molecule has 2 aromatic heterocycles. The second-order valence-electron chi connectivity index (χ2n) is 7.10. The number of aromatic nitrogens is 2. The van der Waals surface area contributed by atoms with Gasteiger partial charge in [-0.15, -0.1) is 11.3 Å². The second kappa shape index (κ2) is 9.45. The fraction of sp³-hybridized carbons (Fsp3) is 0.0870. The minimum absolute atomic E-state index is 0.130. The fourth-order valence-electron chi connectivity index (χ4n) is 3.18. The number of ether oxygens (including phenoxy) is 1. The second-order valence-corrected chi connectivity index (χ2v) is 7.98. The molecule has 10 heteroatoms. The molecule has 3 aromatic rings. The molecule has 9 nitrogen and oxygen atoms in total. The monoisotopic (exact) mass is 461 g/mol. The van der Waals surface area contributed by atoms with Gasteiger partial charge in [0.1, 0.15) is 11.4 Å². The molecule has 33 heavy (non-hydrogen) atoms. The molecule has 166 valence electrons. The summed E-state index contributed by atoms with van der Waals surface area (Å²) in [6.07, 6.45) is 6.11. The molecule has 3 N–H and O–H groups in total. The molecule has 0 fully saturated rings. The number of nitrogens with zero attached hydrogens (tertiary/aromatic N) is 4. The lowest BCUT2D eigenvalue weighted by Crippen LogP contribution is -2.21. The number of primary amides is 1. The number of oxime groups is 1. The number of likely N-dealkylation sites (N-methyl/N-ethyl adjacent to an activating group) is 1. The van der Waals surface area contributed by atoms with E-state index in [-0.39, 0.29) is 23.1 Å². The Bertz CT molecular complexity index is 1300. The number of allylic oxidation sites excluding steroid dienone is 1. The Labute approximate surface area is 193 Å². The third-order valence-corrected chi connectivity index (χ3v) is 5.71. The number of benzene rings is 1. The molecular weight excluding hydrogens is 442 g/mol. The van der Waals surface area contributed by atoms with Crippen LogP contribution in [0.3, 0.4) is 0 Å². The lowest BCUT2D eigenvalue weighted by molar-refractivity contribution is -0.126. The third-order valence-electron chi connectivity index (χ3n) is 4.89. The molecule has 0 bridgehead atoms. The number of carbonyl (C=O) groups excluding carboxylic acids is 2. The van der Waals surface area contributed by atoms with Gasteiger partial charge in [0.15, 0.2) is 5.76 Å². The van der Waals surface area contributed by atoms with Crippen molar-refractivity contribution in [2.24, 2.45) is 10.9 Å². The summed E-state index contributed by atoms with van der Waals surface area (Å²) in [6, 6.07) is 10.6. The average molecular weight is 462 g/mol.